The fourth-order valence-electron chi connectivity index (χ4n) is 7.21. The molecule has 0 saturated carbocycles. The van der Waals surface area contributed by atoms with Gasteiger partial charge in [0.25, 0.3) is 0 Å². The second kappa shape index (κ2) is 44.1. The van der Waals surface area contributed by atoms with Crippen molar-refractivity contribution in [1.29, 1.82) is 0 Å². The molecule has 1 atom stereocenters. The summed E-state index contributed by atoms with van der Waals surface area (Å²) in [4.78, 5) is 37.7. The third-order valence-electron chi connectivity index (χ3n) is 10.9. The smallest absolute Gasteiger partial charge is 0.306 e. The minimum Gasteiger partial charge on any atom is -0.462 e. The molecule has 0 N–H and O–H groups in total. The highest BCUT2D eigenvalue weighted by Crippen LogP contribution is 2.16. The van der Waals surface area contributed by atoms with Crippen LogP contribution < -0.4 is 0 Å². The molecule has 0 aliphatic rings. The molecule has 0 aromatic rings. The molecule has 0 spiro atoms. The van der Waals surface area contributed by atoms with E-state index >= 15 is 0 Å². The van der Waals surface area contributed by atoms with Gasteiger partial charge >= 0.3 is 17.9 Å². The topological polar surface area (TPSA) is 78.9 Å². The van der Waals surface area contributed by atoms with Crippen molar-refractivity contribution in [1.82, 2.24) is 0 Å². The third kappa shape index (κ3) is 41.6. The van der Waals surface area contributed by atoms with E-state index in [9.17, 15) is 14.4 Å². The summed E-state index contributed by atoms with van der Waals surface area (Å²) in [5, 5.41) is 0. The van der Waals surface area contributed by atoms with Crippen LogP contribution in [0.1, 0.15) is 271 Å². The van der Waals surface area contributed by atoms with Crippen LogP contribution in [0, 0.1) is 0 Å². The SMILES string of the molecule is CCCCCCCCCCCCCCCCCCCC(=O)OC[C@@H](COC(=O)CCCCCCCCCCCC)OC(=O)CCCCCCCCCCC. The van der Waals surface area contributed by atoms with Gasteiger partial charge in [0.05, 0.1) is 0 Å². The summed E-state index contributed by atoms with van der Waals surface area (Å²) in [6.45, 7) is 6.63. The van der Waals surface area contributed by atoms with Gasteiger partial charge in [-0.25, -0.2) is 0 Å². The van der Waals surface area contributed by atoms with Crippen molar-refractivity contribution in [3.8, 4) is 0 Å². The Hall–Kier alpha value is -1.59. The molecule has 0 aliphatic heterocycles. The fraction of sp³-hybridized carbons (Fsp3) is 0.938. The van der Waals surface area contributed by atoms with Crippen LogP contribution >= 0.6 is 0 Å². The van der Waals surface area contributed by atoms with Crippen LogP contribution in [-0.2, 0) is 28.6 Å². The summed E-state index contributed by atoms with van der Waals surface area (Å²) in [6.07, 6.45) is 45.2. The molecule has 0 fully saturated rings. The van der Waals surface area contributed by atoms with Gasteiger partial charge in [-0.3, -0.25) is 14.4 Å². The van der Waals surface area contributed by atoms with E-state index < -0.39 is 6.10 Å². The number of carbonyl (C=O) groups is 3. The first-order chi connectivity index (χ1) is 26.5. The highest BCUT2D eigenvalue weighted by molar-refractivity contribution is 5.71. The lowest BCUT2D eigenvalue weighted by atomic mass is 10.0. The number of hydrogen-bond acceptors (Lipinski definition) is 6. The maximum atomic E-state index is 12.7. The maximum absolute atomic E-state index is 12.7. The predicted octanol–water partition coefficient (Wildman–Crippen LogP) is 15.3. The van der Waals surface area contributed by atoms with Gasteiger partial charge in [0.15, 0.2) is 6.10 Å². The number of rotatable bonds is 44. The molecule has 320 valence electrons. The highest BCUT2D eigenvalue weighted by Gasteiger charge is 2.19. The van der Waals surface area contributed by atoms with Crippen LogP contribution in [-0.4, -0.2) is 37.2 Å². The molecule has 0 bridgehead atoms. The van der Waals surface area contributed by atoms with Gasteiger partial charge in [0.2, 0.25) is 0 Å². The number of unbranched alkanes of at least 4 members (excludes halogenated alkanes) is 33. The van der Waals surface area contributed by atoms with Crippen molar-refractivity contribution in [3.63, 3.8) is 0 Å². The van der Waals surface area contributed by atoms with Crippen LogP contribution in [0.25, 0.3) is 0 Å². The molecule has 6 heteroatoms. The van der Waals surface area contributed by atoms with E-state index in [-0.39, 0.29) is 31.1 Å². The van der Waals surface area contributed by atoms with Gasteiger partial charge in [0.1, 0.15) is 13.2 Å². The molecule has 0 rings (SSSR count). The van der Waals surface area contributed by atoms with E-state index in [1.807, 2.05) is 0 Å². The van der Waals surface area contributed by atoms with E-state index in [0.29, 0.717) is 19.3 Å². The number of carbonyl (C=O) groups excluding carboxylic acids is 3. The first kappa shape index (κ1) is 52.4. The van der Waals surface area contributed by atoms with E-state index in [2.05, 4.69) is 20.8 Å². The zero-order valence-corrected chi connectivity index (χ0v) is 36.5. The molecule has 0 aliphatic carbocycles. The lowest BCUT2D eigenvalue weighted by Gasteiger charge is -2.18. The van der Waals surface area contributed by atoms with Crippen LogP contribution in [0.3, 0.4) is 0 Å². The molecule has 6 nitrogen and oxygen atoms in total. The molecule has 0 saturated heterocycles. The van der Waals surface area contributed by atoms with Gasteiger partial charge in [-0.1, -0.05) is 233 Å². The molecular formula is C48H92O6. The normalized spacial score (nSPS) is 11.8. The van der Waals surface area contributed by atoms with Crippen molar-refractivity contribution in [2.24, 2.45) is 0 Å². The predicted molar refractivity (Wildman–Crippen MR) is 229 cm³/mol. The summed E-state index contributed by atoms with van der Waals surface area (Å²) in [5.41, 5.74) is 0. The Bertz CT molecular complexity index is 798. The minimum atomic E-state index is -0.757. The average molecular weight is 765 g/mol. The Kier molecular flexibility index (Phi) is 42.8. The Labute approximate surface area is 336 Å². The largest absolute Gasteiger partial charge is 0.462 e. The zero-order chi connectivity index (χ0) is 39.4. The van der Waals surface area contributed by atoms with Crippen molar-refractivity contribution in [2.75, 3.05) is 13.2 Å². The van der Waals surface area contributed by atoms with Crippen molar-refractivity contribution < 1.29 is 28.6 Å². The summed E-state index contributed by atoms with van der Waals surface area (Å²) < 4.78 is 16.7. The molecule has 0 amide bonds. The molecule has 0 aromatic heterocycles. The third-order valence-corrected chi connectivity index (χ3v) is 10.9. The number of esters is 3. The van der Waals surface area contributed by atoms with Crippen LogP contribution in [0.15, 0.2) is 0 Å². The van der Waals surface area contributed by atoms with Crippen molar-refractivity contribution in [2.45, 2.75) is 277 Å². The molecule has 0 heterocycles. The molecule has 0 unspecified atom stereocenters. The van der Waals surface area contributed by atoms with Crippen LogP contribution in [0.4, 0.5) is 0 Å². The second-order valence-electron chi connectivity index (χ2n) is 16.4. The second-order valence-corrected chi connectivity index (χ2v) is 16.4. The van der Waals surface area contributed by atoms with Crippen LogP contribution in [0.5, 0.6) is 0 Å². The van der Waals surface area contributed by atoms with Gasteiger partial charge < -0.3 is 14.2 Å². The number of ether oxygens (including phenoxy) is 3. The number of hydrogen-bond donors (Lipinski definition) is 0. The van der Waals surface area contributed by atoms with Gasteiger partial charge in [-0.2, -0.15) is 0 Å². The summed E-state index contributed by atoms with van der Waals surface area (Å²) in [6, 6.07) is 0. The van der Waals surface area contributed by atoms with Gasteiger partial charge in [-0.15, -0.1) is 0 Å². The summed E-state index contributed by atoms with van der Waals surface area (Å²) >= 11 is 0. The highest BCUT2D eigenvalue weighted by atomic mass is 16.6. The lowest BCUT2D eigenvalue weighted by Crippen LogP contribution is -2.30. The van der Waals surface area contributed by atoms with Crippen molar-refractivity contribution >= 4 is 17.9 Å². The quantitative estimate of drug-likeness (QED) is 0.0349. The van der Waals surface area contributed by atoms with Crippen LogP contribution in [0.2, 0.25) is 0 Å². The minimum absolute atomic E-state index is 0.0627. The van der Waals surface area contributed by atoms with Crippen molar-refractivity contribution in [3.05, 3.63) is 0 Å². The van der Waals surface area contributed by atoms with Gasteiger partial charge in [0, 0.05) is 19.3 Å². The Morgan fingerprint density at radius 2 is 0.500 bits per heavy atom. The Morgan fingerprint density at radius 3 is 0.741 bits per heavy atom. The lowest BCUT2D eigenvalue weighted by molar-refractivity contribution is -0.167. The molecule has 54 heavy (non-hydrogen) atoms. The fourth-order valence-corrected chi connectivity index (χ4v) is 7.21. The zero-order valence-electron chi connectivity index (χ0n) is 36.5. The monoisotopic (exact) mass is 765 g/mol. The Morgan fingerprint density at radius 1 is 0.296 bits per heavy atom. The molecule has 0 aromatic carbocycles. The standard InChI is InChI=1S/C48H92O6/c1-4-7-10-13-16-19-21-22-23-24-25-26-27-30-32-35-38-41-47(50)53-44-45(54-48(51)42-39-36-33-28-18-15-12-9-6-3)43-52-46(49)40-37-34-31-29-20-17-14-11-8-5-2/h45H,4-44H2,1-3H3/t45-/m1/s1. The van der Waals surface area contributed by atoms with E-state index in [0.717, 1.165) is 57.8 Å². The Balaban J connectivity index is 4.22. The summed E-state index contributed by atoms with van der Waals surface area (Å²) in [5.74, 6) is -0.852. The van der Waals surface area contributed by atoms with E-state index in [4.69, 9.17) is 14.2 Å². The molecular weight excluding hydrogens is 673 g/mol. The van der Waals surface area contributed by atoms with E-state index in [1.165, 1.54) is 173 Å². The average Bonchev–Trinajstić information content (AvgIpc) is 3.17. The van der Waals surface area contributed by atoms with Gasteiger partial charge in [-0.05, 0) is 19.3 Å². The first-order valence-corrected chi connectivity index (χ1v) is 24.0. The molecule has 0 radical (unpaired) electrons. The van der Waals surface area contributed by atoms with E-state index in [1.54, 1.807) is 0 Å². The summed E-state index contributed by atoms with van der Waals surface area (Å²) in [7, 11) is 0. The maximum Gasteiger partial charge on any atom is 0.306 e. The first-order valence-electron chi connectivity index (χ1n) is 24.0.